The van der Waals surface area contributed by atoms with Crippen molar-refractivity contribution in [3.63, 3.8) is 0 Å². The van der Waals surface area contributed by atoms with Gasteiger partial charge in [-0.3, -0.25) is 9.36 Å². The van der Waals surface area contributed by atoms with Gasteiger partial charge in [0.25, 0.3) is 0 Å². The van der Waals surface area contributed by atoms with Gasteiger partial charge in [0.15, 0.2) is 5.82 Å². The maximum atomic E-state index is 12.1. The highest BCUT2D eigenvalue weighted by molar-refractivity contribution is 7.90. The summed E-state index contributed by atoms with van der Waals surface area (Å²) >= 11 is 0. The zero-order valence-corrected chi connectivity index (χ0v) is 22.9. The van der Waals surface area contributed by atoms with Gasteiger partial charge in [0.1, 0.15) is 15.7 Å². The van der Waals surface area contributed by atoms with Gasteiger partial charge in [-0.25, -0.2) is 18.4 Å². The normalized spacial score (nSPS) is 23.0. The number of sulfone groups is 1. The number of nitrogens with one attached hydrogen (secondary N) is 1. The fraction of sp³-hybridized carbons (Fsp3) is 0.429. The predicted octanol–water partition coefficient (Wildman–Crippen LogP) is 4.49. The Morgan fingerprint density at radius 2 is 1.50 bits per heavy atom. The van der Waals surface area contributed by atoms with Gasteiger partial charge in [-0.15, -0.1) is 0 Å². The van der Waals surface area contributed by atoms with Gasteiger partial charge in [0.2, 0.25) is 0 Å². The third-order valence-electron chi connectivity index (χ3n) is 8.32. The molecule has 0 amide bonds. The molecule has 2 bridgehead atoms. The van der Waals surface area contributed by atoms with Crippen LogP contribution >= 0.6 is 0 Å². The highest BCUT2D eigenvalue weighted by Gasteiger charge is 2.50. The second kappa shape index (κ2) is 9.04. The van der Waals surface area contributed by atoms with Crippen molar-refractivity contribution in [3.8, 4) is 33.6 Å². The van der Waals surface area contributed by atoms with Crippen molar-refractivity contribution in [2.24, 2.45) is 19.5 Å². The Morgan fingerprint density at radius 1 is 0.868 bits per heavy atom. The molecule has 0 saturated heterocycles. The lowest BCUT2D eigenvalue weighted by Crippen LogP contribution is -2.52. The minimum absolute atomic E-state index is 0.0766. The number of fused-ring (bicyclic) bond motifs is 3. The largest absolute Gasteiger partial charge is 0.364 e. The highest BCUT2D eigenvalue weighted by Crippen LogP contribution is 2.54. The first kappa shape index (κ1) is 24.8. The average Bonchev–Trinajstić information content (AvgIpc) is 3.52. The zero-order chi connectivity index (χ0) is 26.5. The fourth-order valence-corrected chi connectivity index (χ4v) is 7.82. The minimum Gasteiger partial charge on any atom is -0.364 e. The van der Waals surface area contributed by atoms with Crippen LogP contribution in [0, 0.1) is 5.41 Å². The summed E-state index contributed by atoms with van der Waals surface area (Å²) in [5.74, 6) is 1.75. The van der Waals surface area contributed by atoms with Crippen molar-refractivity contribution in [3.05, 3.63) is 55.2 Å². The quantitative estimate of drug-likeness (QED) is 0.374. The SMILES string of the molecule is Cn1cc(-c2cccc(-c3ncc(-c4cnn(C)c4)c(NC45CCC(CS(C)(=O)=O)(CC4)CC5)n3)c2)cn1. The Morgan fingerprint density at radius 3 is 2.11 bits per heavy atom. The third-order valence-corrected chi connectivity index (χ3v) is 9.45. The van der Waals surface area contributed by atoms with Gasteiger partial charge in [0.05, 0.1) is 18.1 Å². The molecule has 0 unspecified atom stereocenters. The Balaban J connectivity index is 1.34. The minimum atomic E-state index is -3.00. The first-order valence-electron chi connectivity index (χ1n) is 13.0. The van der Waals surface area contributed by atoms with Crippen molar-refractivity contribution in [2.75, 3.05) is 17.3 Å². The number of aryl methyl sites for hydroxylation is 2. The standard InChI is InChI=1S/C28H33N7O2S/c1-34-17-22(14-30-34)20-5-4-6-21(13-20)25-29-16-24(23-15-31-35(2)18-23)26(32-25)33-28-10-7-27(8-11-28,9-12-28)19-38(3,36)37/h4-6,13-18H,7-12,19H2,1-3H3,(H,29,32,33). The number of anilines is 1. The molecule has 0 aliphatic heterocycles. The van der Waals surface area contributed by atoms with Crippen molar-refractivity contribution < 1.29 is 8.42 Å². The first-order valence-corrected chi connectivity index (χ1v) is 15.1. The van der Waals surface area contributed by atoms with Crippen LogP contribution in [0.25, 0.3) is 33.6 Å². The smallest absolute Gasteiger partial charge is 0.161 e. The van der Waals surface area contributed by atoms with Crippen molar-refractivity contribution in [1.29, 1.82) is 0 Å². The van der Waals surface area contributed by atoms with E-state index in [9.17, 15) is 8.42 Å². The van der Waals surface area contributed by atoms with Crippen LogP contribution in [-0.2, 0) is 23.9 Å². The van der Waals surface area contributed by atoms with Crippen LogP contribution in [0.15, 0.2) is 55.2 Å². The molecule has 0 radical (unpaired) electrons. The first-order chi connectivity index (χ1) is 18.1. The van der Waals surface area contributed by atoms with E-state index in [0.29, 0.717) is 11.6 Å². The number of hydrogen-bond acceptors (Lipinski definition) is 7. The van der Waals surface area contributed by atoms with E-state index in [1.807, 2.05) is 57.2 Å². The number of aromatic nitrogens is 6. The van der Waals surface area contributed by atoms with E-state index in [0.717, 1.165) is 72.2 Å². The summed E-state index contributed by atoms with van der Waals surface area (Å²) in [4.78, 5) is 9.84. The summed E-state index contributed by atoms with van der Waals surface area (Å²) in [6.07, 6.45) is 16.5. The van der Waals surface area contributed by atoms with Crippen LogP contribution in [0.1, 0.15) is 38.5 Å². The Hall–Kier alpha value is -3.53. The fourth-order valence-electron chi connectivity index (χ4n) is 6.27. The number of hydrogen-bond donors (Lipinski definition) is 1. The van der Waals surface area contributed by atoms with Gasteiger partial charge in [-0.05, 0) is 55.6 Å². The molecule has 3 aliphatic rings. The maximum Gasteiger partial charge on any atom is 0.161 e. The van der Waals surface area contributed by atoms with Crippen LogP contribution in [0.4, 0.5) is 5.82 Å². The molecule has 3 saturated carbocycles. The van der Waals surface area contributed by atoms with E-state index in [1.165, 1.54) is 6.26 Å². The molecule has 0 atom stereocenters. The van der Waals surface area contributed by atoms with Crippen molar-refractivity contribution >= 4 is 15.7 Å². The molecular weight excluding hydrogens is 498 g/mol. The summed E-state index contributed by atoms with van der Waals surface area (Å²) in [5.41, 5.74) is 4.74. The Kier molecular flexibility index (Phi) is 5.90. The second-order valence-electron chi connectivity index (χ2n) is 11.3. The molecule has 3 fully saturated rings. The molecule has 198 valence electrons. The Labute approximate surface area is 223 Å². The number of nitrogens with zero attached hydrogens (tertiary/aromatic N) is 6. The molecule has 38 heavy (non-hydrogen) atoms. The Bertz CT molecular complexity index is 1580. The molecule has 0 spiro atoms. The van der Waals surface area contributed by atoms with E-state index in [2.05, 4.69) is 27.6 Å². The van der Waals surface area contributed by atoms with E-state index in [1.54, 1.807) is 9.36 Å². The van der Waals surface area contributed by atoms with Gasteiger partial charge in [0, 0.05) is 66.7 Å². The van der Waals surface area contributed by atoms with Crippen molar-refractivity contribution in [1.82, 2.24) is 29.5 Å². The predicted molar refractivity (Wildman–Crippen MR) is 148 cm³/mol. The van der Waals surface area contributed by atoms with Gasteiger partial charge < -0.3 is 5.32 Å². The van der Waals surface area contributed by atoms with E-state index >= 15 is 0 Å². The third kappa shape index (κ3) is 4.84. The zero-order valence-electron chi connectivity index (χ0n) is 22.1. The molecule has 3 heterocycles. The van der Waals surface area contributed by atoms with E-state index < -0.39 is 9.84 Å². The van der Waals surface area contributed by atoms with Gasteiger partial charge in [-0.2, -0.15) is 10.2 Å². The average molecular weight is 532 g/mol. The summed E-state index contributed by atoms with van der Waals surface area (Å²) < 4.78 is 27.8. The van der Waals surface area contributed by atoms with Gasteiger partial charge in [-0.1, -0.05) is 18.2 Å². The summed E-state index contributed by atoms with van der Waals surface area (Å²) in [5, 5.41) is 12.5. The molecule has 1 aromatic carbocycles. The molecule has 3 aromatic heterocycles. The number of benzene rings is 1. The lowest BCUT2D eigenvalue weighted by Gasteiger charge is -2.53. The van der Waals surface area contributed by atoms with E-state index in [-0.39, 0.29) is 11.0 Å². The topological polar surface area (TPSA) is 108 Å². The molecule has 10 heteroatoms. The summed E-state index contributed by atoms with van der Waals surface area (Å²) in [7, 11) is 0.807. The molecule has 7 rings (SSSR count). The molecule has 4 aromatic rings. The highest BCUT2D eigenvalue weighted by atomic mass is 32.2. The van der Waals surface area contributed by atoms with Crippen LogP contribution < -0.4 is 5.32 Å². The van der Waals surface area contributed by atoms with Gasteiger partial charge >= 0.3 is 0 Å². The summed E-state index contributed by atoms with van der Waals surface area (Å²) in [6, 6.07) is 8.21. The van der Waals surface area contributed by atoms with Crippen molar-refractivity contribution in [2.45, 2.75) is 44.1 Å². The second-order valence-corrected chi connectivity index (χ2v) is 13.5. The van der Waals surface area contributed by atoms with E-state index in [4.69, 9.17) is 9.97 Å². The molecule has 1 N–H and O–H groups in total. The maximum absolute atomic E-state index is 12.1. The van der Waals surface area contributed by atoms with Crippen LogP contribution in [0.3, 0.4) is 0 Å². The van der Waals surface area contributed by atoms with Crippen LogP contribution in [-0.4, -0.2) is 55.5 Å². The molecule has 3 aliphatic carbocycles. The molecular formula is C28H33N7O2S. The summed E-state index contributed by atoms with van der Waals surface area (Å²) in [6.45, 7) is 0. The van der Waals surface area contributed by atoms with Crippen LogP contribution in [0.5, 0.6) is 0 Å². The lowest BCUT2D eigenvalue weighted by atomic mass is 9.58. The monoisotopic (exact) mass is 531 g/mol. The number of rotatable bonds is 7. The lowest BCUT2D eigenvalue weighted by molar-refractivity contribution is 0.0748. The van der Waals surface area contributed by atoms with Crippen LogP contribution in [0.2, 0.25) is 0 Å². The molecule has 9 nitrogen and oxygen atoms in total.